The fourth-order valence-electron chi connectivity index (χ4n) is 2.01. The molecule has 0 saturated carbocycles. The number of hydrogen-bond donors (Lipinski definition) is 1. The van der Waals surface area contributed by atoms with E-state index >= 15 is 0 Å². The van der Waals surface area contributed by atoms with Crippen molar-refractivity contribution in [3.05, 3.63) is 22.5 Å². The summed E-state index contributed by atoms with van der Waals surface area (Å²) in [7, 11) is -1.86. The standard InChI is InChI=1S/C15H23N3O2S3/c1-10(2)12(16)7-8-18(4)23(19,20)15-6-5-14(22-15)13-9-21-11(3)17-13/h5-6,9-10,12H,7-8,16H2,1-4H3. The maximum absolute atomic E-state index is 12.6. The number of aromatic nitrogens is 1. The third-order valence-electron chi connectivity index (χ3n) is 3.75. The van der Waals surface area contributed by atoms with E-state index in [2.05, 4.69) is 4.98 Å². The zero-order chi connectivity index (χ0) is 17.2. The zero-order valence-corrected chi connectivity index (χ0v) is 16.3. The van der Waals surface area contributed by atoms with Crippen LogP contribution in [0.15, 0.2) is 21.7 Å². The van der Waals surface area contributed by atoms with Crippen molar-refractivity contribution in [1.82, 2.24) is 9.29 Å². The second-order valence-corrected chi connectivity index (χ2v) is 10.3. The van der Waals surface area contributed by atoms with E-state index < -0.39 is 10.0 Å². The molecule has 2 heterocycles. The minimum absolute atomic E-state index is 0.00419. The third kappa shape index (κ3) is 4.39. The molecule has 0 aliphatic heterocycles. The van der Waals surface area contributed by atoms with Gasteiger partial charge >= 0.3 is 0 Å². The van der Waals surface area contributed by atoms with Gasteiger partial charge in [-0.05, 0) is 31.4 Å². The SMILES string of the molecule is Cc1nc(-c2ccc(S(=O)(=O)N(C)CCC(N)C(C)C)s2)cs1. The molecule has 0 aromatic carbocycles. The highest BCUT2D eigenvalue weighted by Crippen LogP contribution is 2.32. The van der Waals surface area contributed by atoms with Crippen LogP contribution in [0.5, 0.6) is 0 Å². The first kappa shape index (κ1) is 18.5. The molecule has 2 aromatic heterocycles. The first-order valence-corrected chi connectivity index (χ1v) is 10.6. The summed E-state index contributed by atoms with van der Waals surface area (Å²) in [5.41, 5.74) is 6.84. The molecular weight excluding hydrogens is 350 g/mol. The molecule has 1 atom stereocenters. The van der Waals surface area contributed by atoms with Crippen LogP contribution in [0.2, 0.25) is 0 Å². The molecule has 2 aromatic rings. The van der Waals surface area contributed by atoms with Crippen molar-refractivity contribution in [3.63, 3.8) is 0 Å². The Morgan fingerprint density at radius 2 is 2.04 bits per heavy atom. The van der Waals surface area contributed by atoms with E-state index in [1.165, 1.54) is 15.6 Å². The van der Waals surface area contributed by atoms with Crippen LogP contribution in [0.25, 0.3) is 10.6 Å². The van der Waals surface area contributed by atoms with Crippen LogP contribution in [0.1, 0.15) is 25.3 Å². The average molecular weight is 374 g/mol. The number of rotatable bonds is 7. The van der Waals surface area contributed by atoms with Crippen molar-refractivity contribution in [2.75, 3.05) is 13.6 Å². The van der Waals surface area contributed by atoms with Gasteiger partial charge in [0.2, 0.25) is 0 Å². The fourth-order valence-corrected chi connectivity index (χ4v) is 5.36. The topological polar surface area (TPSA) is 76.3 Å². The van der Waals surface area contributed by atoms with Crippen molar-refractivity contribution < 1.29 is 8.42 Å². The number of hydrogen-bond acceptors (Lipinski definition) is 6. The van der Waals surface area contributed by atoms with Gasteiger partial charge in [-0.3, -0.25) is 0 Å². The molecule has 128 valence electrons. The van der Waals surface area contributed by atoms with Crippen LogP contribution in [0.4, 0.5) is 0 Å². The van der Waals surface area contributed by atoms with Gasteiger partial charge in [0, 0.05) is 25.0 Å². The maximum atomic E-state index is 12.6. The number of thiophene rings is 1. The van der Waals surface area contributed by atoms with Crippen molar-refractivity contribution in [2.45, 2.75) is 37.4 Å². The summed E-state index contributed by atoms with van der Waals surface area (Å²) >= 11 is 2.82. The molecular formula is C15H23N3O2S3. The van der Waals surface area contributed by atoms with Gasteiger partial charge in [0.1, 0.15) is 4.21 Å². The maximum Gasteiger partial charge on any atom is 0.252 e. The highest BCUT2D eigenvalue weighted by molar-refractivity contribution is 7.91. The smallest absolute Gasteiger partial charge is 0.252 e. The summed E-state index contributed by atoms with van der Waals surface area (Å²) in [6, 6.07) is 3.48. The molecule has 8 heteroatoms. The molecule has 0 aliphatic carbocycles. The first-order chi connectivity index (χ1) is 10.7. The van der Waals surface area contributed by atoms with E-state index in [-0.39, 0.29) is 6.04 Å². The molecule has 0 bridgehead atoms. The van der Waals surface area contributed by atoms with Crippen LogP contribution >= 0.6 is 22.7 Å². The third-order valence-corrected chi connectivity index (χ3v) is 7.96. The Morgan fingerprint density at radius 1 is 1.35 bits per heavy atom. The highest BCUT2D eigenvalue weighted by atomic mass is 32.2. The van der Waals surface area contributed by atoms with Crippen LogP contribution in [0, 0.1) is 12.8 Å². The lowest BCUT2D eigenvalue weighted by Gasteiger charge is -2.20. The van der Waals surface area contributed by atoms with Crippen molar-refractivity contribution in [1.29, 1.82) is 0 Å². The van der Waals surface area contributed by atoms with Crippen LogP contribution in [0.3, 0.4) is 0 Å². The second kappa shape index (κ2) is 7.40. The van der Waals surface area contributed by atoms with E-state index in [0.29, 0.717) is 23.1 Å². The van der Waals surface area contributed by atoms with E-state index in [9.17, 15) is 8.42 Å². The molecule has 0 saturated heterocycles. The summed E-state index contributed by atoms with van der Waals surface area (Å²) in [6.45, 7) is 6.44. The summed E-state index contributed by atoms with van der Waals surface area (Å²) < 4.78 is 27.0. The summed E-state index contributed by atoms with van der Waals surface area (Å²) in [5.74, 6) is 0.340. The lowest BCUT2D eigenvalue weighted by Crippen LogP contribution is -2.34. The zero-order valence-electron chi connectivity index (χ0n) is 13.8. The van der Waals surface area contributed by atoms with Crippen LogP contribution < -0.4 is 5.73 Å². The van der Waals surface area contributed by atoms with Gasteiger partial charge in [0.05, 0.1) is 15.6 Å². The number of nitrogens with two attached hydrogens (primary N) is 1. The highest BCUT2D eigenvalue weighted by Gasteiger charge is 2.24. The van der Waals surface area contributed by atoms with Crippen LogP contribution in [-0.4, -0.2) is 37.3 Å². The Bertz CT molecular complexity index is 750. The monoisotopic (exact) mass is 373 g/mol. The summed E-state index contributed by atoms with van der Waals surface area (Å²) in [6.07, 6.45) is 0.650. The second-order valence-electron chi connectivity index (χ2n) is 5.89. The van der Waals surface area contributed by atoms with E-state index in [1.54, 1.807) is 24.5 Å². The number of aryl methyl sites for hydroxylation is 1. The molecule has 5 nitrogen and oxygen atoms in total. The minimum atomic E-state index is -3.47. The molecule has 2 rings (SSSR count). The van der Waals surface area contributed by atoms with Gasteiger partial charge in [-0.2, -0.15) is 0 Å². The molecule has 0 spiro atoms. The molecule has 0 radical (unpaired) electrons. The van der Waals surface area contributed by atoms with E-state index in [1.807, 2.05) is 32.2 Å². The lowest BCUT2D eigenvalue weighted by molar-refractivity contribution is 0.398. The van der Waals surface area contributed by atoms with Crippen molar-refractivity contribution in [3.8, 4) is 10.6 Å². The molecule has 0 fully saturated rings. The molecule has 0 aliphatic rings. The van der Waals surface area contributed by atoms with E-state index in [0.717, 1.165) is 15.6 Å². The Balaban J connectivity index is 2.12. The Hall–Kier alpha value is -0.800. The largest absolute Gasteiger partial charge is 0.327 e. The quantitative estimate of drug-likeness (QED) is 0.809. The summed E-state index contributed by atoms with van der Waals surface area (Å²) in [4.78, 5) is 5.28. The first-order valence-electron chi connectivity index (χ1n) is 7.46. The molecule has 1 unspecified atom stereocenters. The van der Waals surface area contributed by atoms with Gasteiger partial charge in [-0.25, -0.2) is 17.7 Å². The van der Waals surface area contributed by atoms with Gasteiger partial charge in [-0.15, -0.1) is 22.7 Å². The predicted molar refractivity (Wildman–Crippen MR) is 97.4 cm³/mol. The van der Waals surface area contributed by atoms with Gasteiger partial charge in [-0.1, -0.05) is 13.8 Å². The number of thiazole rings is 1. The molecule has 23 heavy (non-hydrogen) atoms. The Morgan fingerprint density at radius 3 is 2.61 bits per heavy atom. The average Bonchev–Trinajstić information content (AvgIpc) is 3.12. The molecule has 0 amide bonds. The predicted octanol–water partition coefficient (Wildman–Crippen LogP) is 3.17. The normalized spacial score (nSPS) is 13.9. The van der Waals surface area contributed by atoms with Crippen LogP contribution in [-0.2, 0) is 10.0 Å². The van der Waals surface area contributed by atoms with Gasteiger partial charge in [0.15, 0.2) is 0 Å². The lowest BCUT2D eigenvalue weighted by atomic mass is 10.0. The minimum Gasteiger partial charge on any atom is -0.327 e. The van der Waals surface area contributed by atoms with E-state index in [4.69, 9.17) is 5.73 Å². The summed E-state index contributed by atoms with van der Waals surface area (Å²) in [5, 5.41) is 2.92. The Kier molecular flexibility index (Phi) is 5.96. The van der Waals surface area contributed by atoms with Gasteiger partial charge < -0.3 is 5.73 Å². The number of sulfonamides is 1. The Labute approximate surface area is 146 Å². The molecule has 2 N–H and O–H groups in total. The van der Waals surface area contributed by atoms with Crippen molar-refractivity contribution in [2.24, 2.45) is 11.7 Å². The van der Waals surface area contributed by atoms with Gasteiger partial charge in [0.25, 0.3) is 10.0 Å². The fraction of sp³-hybridized carbons (Fsp3) is 0.533. The number of nitrogens with zero attached hydrogens (tertiary/aromatic N) is 2. The van der Waals surface area contributed by atoms with Crippen molar-refractivity contribution >= 4 is 32.7 Å².